The van der Waals surface area contributed by atoms with Crippen molar-refractivity contribution >= 4 is 8.40 Å². The molecule has 2 unspecified atom stereocenters. The van der Waals surface area contributed by atoms with Gasteiger partial charge in [0.25, 0.3) is 8.40 Å². The Labute approximate surface area is 177 Å². The van der Waals surface area contributed by atoms with Crippen molar-refractivity contribution in [2.24, 2.45) is 0 Å². The summed E-state index contributed by atoms with van der Waals surface area (Å²) in [5.74, 6) is 0. The van der Waals surface area contributed by atoms with E-state index in [1.807, 2.05) is 0 Å². The fourth-order valence-corrected chi connectivity index (χ4v) is 12.1. The van der Waals surface area contributed by atoms with E-state index in [2.05, 4.69) is 136 Å². The van der Waals surface area contributed by atoms with Crippen LogP contribution in [0.4, 0.5) is 0 Å². The average Bonchev–Trinajstić information content (AvgIpc) is 3.25. The lowest BCUT2D eigenvalue weighted by atomic mass is 10.1. The third kappa shape index (κ3) is 3.16. The lowest BCUT2D eigenvalue weighted by Crippen LogP contribution is -2.71. The molecule has 2 aromatic rings. The molecular formula is C26H34N2Si. The first kappa shape index (κ1) is 20.0. The fraction of sp³-hybridized carbons (Fsp3) is 0.385. The molecule has 0 aliphatic carbocycles. The smallest absolute Gasteiger partial charge is 0.287 e. The van der Waals surface area contributed by atoms with Gasteiger partial charge in [0, 0.05) is 34.6 Å². The standard InChI is InChI=1S/C26H34N2Si/c1-25(2,3)27-19-20-28(26(4,5)6)29(27)23(21-13-9-7-10-14-21)17-18-24(29)22-15-11-8-12-16-22/h7-20,23-24H,1-6H3. The number of hydrogen-bond donors (Lipinski definition) is 0. The summed E-state index contributed by atoms with van der Waals surface area (Å²) in [7, 11) is -2.29. The summed E-state index contributed by atoms with van der Waals surface area (Å²) in [5, 5.41) is 0. The second kappa shape index (κ2) is 6.91. The summed E-state index contributed by atoms with van der Waals surface area (Å²) >= 11 is 0. The maximum atomic E-state index is 2.75. The van der Waals surface area contributed by atoms with Gasteiger partial charge in [-0.3, -0.25) is 0 Å². The number of nitrogens with zero attached hydrogens (tertiary/aromatic N) is 2. The molecular weight excluding hydrogens is 368 g/mol. The molecule has 3 heteroatoms. The van der Waals surface area contributed by atoms with Crippen molar-refractivity contribution in [3.63, 3.8) is 0 Å². The Bertz CT molecular complexity index is 828. The van der Waals surface area contributed by atoms with E-state index in [1.54, 1.807) is 0 Å². The van der Waals surface area contributed by atoms with Crippen molar-refractivity contribution in [2.75, 3.05) is 0 Å². The third-order valence-corrected chi connectivity index (χ3v) is 12.4. The molecule has 0 amide bonds. The molecule has 2 aliphatic heterocycles. The molecule has 0 aromatic heterocycles. The van der Waals surface area contributed by atoms with Gasteiger partial charge in [-0.1, -0.05) is 72.8 Å². The molecule has 2 nitrogen and oxygen atoms in total. The average molecular weight is 403 g/mol. The molecule has 0 saturated carbocycles. The van der Waals surface area contributed by atoms with Gasteiger partial charge in [0.1, 0.15) is 0 Å². The van der Waals surface area contributed by atoms with Gasteiger partial charge in [0.2, 0.25) is 0 Å². The van der Waals surface area contributed by atoms with E-state index in [4.69, 9.17) is 0 Å². The van der Waals surface area contributed by atoms with Crippen LogP contribution in [0, 0.1) is 0 Å². The lowest BCUT2D eigenvalue weighted by Gasteiger charge is -2.56. The maximum absolute atomic E-state index is 2.75. The highest BCUT2D eigenvalue weighted by atomic mass is 28.4. The van der Waals surface area contributed by atoms with Crippen molar-refractivity contribution in [3.8, 4) is 0 Å². The highest BCUT2D eigenvalue weighted by Gasteiger charge is 2.64. The fourth-order valence-electron chi connectivity index (χ4n) is 5.34. The van der Waals surface area contributed by atoms with Crippen LogP contribution in [-0.4, -0.2) is 28.6 Å². The second-order valence-electron chi connectivity index (χ2n) is 10.3. The number of hydrogen-bond acceptors (Lipinski definition) is 2. The van der Waals surface area contributed by atoms with Gasteiger partial charge in [-0.25, -0.2) is 0 Å². The van der Waals surface area contributed by atoms with E-state index in [9.17, 15) is 0 Å². The van der Waals surface area contributed by atoms with Crippen LogP contribution in [-0.2, 0) is 0 Å². The summed E-state index contributed by atoms with van der Waals surface area (Å²) < 4.78 is 5.50. The molecule has 2 aromatic carbocycles. The van der Waals surface area contributed by atoms with Crippen molar-refractivity contribution in [3.05, 3.63) is 96.3 Å². The van der Waals surface area contributed by atoms with Crippen molar-refractivity contribution in [2.45, 2.75) is 63.7 Å². The van der Waals surface area contributed by atoms with Gasteiger partial charge in [-0.15, -0.1) is 0 Å². The highest BCUT2D eigenvalue weighted by molar-refractivity contribution is 6.80. The van der Waals surface area contributed by atoms with E-state index >= 15 is 0 Å². The number of allylic oxidation sites excluding steroid dienone is 2. The molecule has 4 rings (SSSR count). The van der Waals surface area contributed by atoms with E-state index < -0.39 is 8.40 Å². The molecule has 0 saturated heterocycles. The molecule has 29 heavy (non-hydrogen) atoms. The normalized spacial score (nSPS) is 23.4. The van der Waals surface area contributed by atoms with Crippen molar-refractivity contribution in [1.82, 2.24) is 9.13 Å². The number of rotatable bonds is 2. The SMILES string of the molecule is CC(C)(C)N1C=CN(C(C)(C)C)[Si]12C(c1ccccc1)C=CC2c1ccccc1. The first-order chi connectivity index (χ1) is 13.7. The molecule has 2 aliphatic rings. The van der Waals surface area contributed by atoms with Crippen LogP contribution in [0.3, 0.4) is 0 Å². The zero-order chi connectivity index (χ0) is 20.9. The molecule has 0 bridgehead atoms. The van der Waals surface area contributed by atoms with Gasteiger partial charge in [0.15, 0.2) is 0 Å². The van der Waals surface area contributed by atoms with Crippen LogP contribution in [0.1, 0.15) is 63.8 Å². The molecule has 0 radical (unpaired) electrons. The molecule has 2 atom stereocenters. The minimum atomic E-state index is -2.29. The summed E-state index contributed by atoms with van der Waals surface area (Å²) in [5.41, 5.74) is 3.77. The Morgan fingerprint density at radius 1 is 0.586 bits per heavy atom. The zero-order valence-corrected chi connectivity index (χ0v) is 19.6. The van der Waals surface area contributed by atoms with E-state index in [0.717, 1.165) is 0 Å². The van der Waals surface area contributed by atoms with Crippen LogP contribution < -0.4 is 0 Å². The predicted molar refractivity (Wildman–Crippen MR) is 126 cm³/mol. The maximum Gasteiger partial charge on any atom is 0.287 e. The molecule has 0 N–H and O–H groups in total. The largest absolute Gasteiger partial charge is 0.380 e. The Morgan fingerprint density at radius 3 is 1.24 bits per heavy atom. The molecule has 152 valence electrons. The molecule has 0 fully saturated rings. The van der Waals surface area contributed by atoms with E-state index in [-0.39, 0.29) is 11.1 Å². The van der Waals surface area contributed by atoms with Crippen LogP contribution in [0.15, 0.2) is 85.2 Å². The summed E-state index contributed by atoms with van der Waals surface area (Å²) in [4.78, 5) is 0. The quantitative estimate of drug-likeness (QED) is 0.428. The Morgan fingerprint density at radius 2 is 0.931 bits per heavy atom. The van der Waals surface area contributed by atoms with Crippen molar-refractivity contribution in [1.29, 1.82) is 0 Å². The first-order valence-corrected chi connectivity index (χ1v) is 12.8. The van der Waals surface area contributed by atoms with Crippen LogP contribution >= 0.6 is 0 Å². The van der Waals surface area contributed by atoms with E-state index in [0.29, 0.717) is 11.1 Å². The zero-order valence-electron chi connectivity index (χ0n) is 18.6. The van der Waals surface area contributed by atoms with Crippen LogP contribution in [0.5, 0.6) is 0 Å². The Hall–Kier alpha value is -2.26. The third-order valence-electron chi connectivity index (χ3n) is 6.31. The summed E-state index contributed by atoms with van der Waals surface area (Å²) in [6.07, 6.45) is 9.78. The minimum Gasteiger partial charge on any atom is -0.380 e. The first-order valence-electron chi connectivity index (χ1n) is 10.7. The minimum absolute atomic E-state index is 0.0504. The second-order valence-corrected chi connectivity index (χ2v) is 14.1. The van der Waals surface area contributed by atoms with Gasteiger partial charge in [-0.2, -0.15) is 0 Å². The van der Waals surface area contributed by atoms with Crippen LogP contribution in [0.25, 0.3) is 0 Å². The van der Waals surface area contributed by atoms with Gasteiger partial charge < -0.3 is 9.13 Å². The molecule has 2 heterocycles. The Balaban J connectivity index is 1.98. The number of benzene rings is 2. The van der Waals surface area contributed by atoms with Gasteiger partial charge in [-0.05, 0) is 52.7 Å². The van der Waals surface area contributed by atoms with Gasteiger partial charge >= 0.3 is 0 Å². The Kier molecular flexibility index (Phi) is 4.77. The highest BCUT2D eigenvalue weighted by Crippen LogP contribution is 2.54. The summed E-state index contributed by atoms with van der Waals surface area (Å²) in [6.45, 7) is 14.2. The van der Waals surface area contributed by atoms with E-state index in [1.165, 1.54) is 11.1 Å². The van der Waals surface area contributed by atoms with Gasteiger partial charge in [0.05, 0.1) is 0 Å². The molecule has 1 spiro atoms. The predicted octanol–water partition coefficient (Wildman–Crippen LogP) is 6.33. The van der Waals surface area contributed by atoms with Crippen LogP contribution in [0.2, 0.25) is 0 Å². The lowest BCUT2D eigenvalue weighted by molar-refractivity contribution is 0.255. The summed E-state index contributed by atoms with van der Waals surface area (Å²) in [6, 6.07) is 22.3. The van der Waals surface area contributed by atoms with Crippen molar-refractivity contribution < 1.29 is 0 Å². The topological polar surface area (TPSA) is 6.48 Å². The monoisotopic (exact) mass is 402 g/mol.